The van der Waals surface area contributed by atoms with Crippen LogP contribution in [0.2, 0.25) is 0 Å². The van der Waals surface area contributed by atoms with Crippen LogP contribution in [0.4, 0.5) is 5.69 Å². The second kappa shape index (κ2) is 13.3. The van der Waals surface area contributed by atoms with E-state index in [1.54, 1.807) is 43.3 Å². The number of rotatable bonds is 12. The molecule has 0 saturated heterocycles. The summed E-state index contributed by atoms with van der Waals surface area (Å²) in [4.78, 5) is 28.5. The van der Waals surface area contributed by atoms with Crippen LogP contribution in [-0.4, -0.2) is 50.9 Å². The van der Waals surface area contributed by atoms with Crippen LogP contribution in [0.15, 0.2) is 83.8 Å². The second-order valence-corrected chi connectivity index (χ2v) is 11.4. The number of methoxy groups -OCH3 is 1. The minimum Gasteiger partial charge on any atom is -0.497 e. The summed E-state index contributed by atoms with van der Waals surface area (Å²) in [5.74, 6) is -0.362. The van der Waals surface area contributed by atoms with Gasteiger partial charge in [-0.25, -0.2) is 8.42 Å². The fourth-order valence-electron chi connectivity index (χ4n) is 3.96. The van der Waals surface area contributed by atoms with Crippen molar-refractivity contribution in [2.24, 2.45) is 0 Å². The number of nitrogens with one attached hydrogen (secondary N) is 1. The van der Waals surface area contributed by atoms with Crippen molar-refractivity contribution in [3.63, 3.8) is 0 Å². The van der Waals surface area contributed by atoms with E-state index in [4.69, 9.17) is 4.74 Å². The van der Waals surface area contributed by atoms with Crippen molar-refractivity contribution < 1.29 is 22.7 Å². The van der Waals surface area contributed by atoms with Gasteiger partial charge in [-0.3, -0.25) is 13.9 Å². The minimum atomic E-state index is -4.14. The van der Waals surface area contributed by atoms with Gasteiger partial charge >= 0.3 is 0 Å². The highest BCUT2D eigenvalue weighted by Crippen LogP contribution is 2.28. The van der Waals surface area contributed by atoms with E-state index >= 15 is 0 Å². The zero-order valence-electron chi connectivity index (χ0n) is 23.1. The van der Waals surface area contributed by atoms with Crippen LogP contribution < -0.4 is 14.4 Å². The number of aryl methyl sites for hydroxylation is 1. The van der Waals surface area contributed by atoms with E-state index in [-0.39, 0.29) is 29.1 Å². The fraction of sp³-hybridized carbons (Fsp3) is 0.333. The molecule has 0 aliphatic heterocycles. The number of carbonyl (C=O) groups excluding carboxylic acids is 2. The summed E-state index contributed by atoms with van der Waals surface area (Å²) < 4.78 is 34.2. The Balaban J connectivity index is 2.03. The van der Waals surface area contributed by atoms with E-state index < -0.39 is 28.5 Å². The second-order valence-electron chi connectivity index (χ2n) is 9.53. The first-order valence-electron chi connectivity index (χ1n) is 12.9. The largest absolute Gasteiger partial charge is 0.497 e. The zero-order chi connectivity index (χ0) is 28.6. The number of hydrogen-bond donors (Lipinski definition) is 1. The van der Waals surface area contributed by atoms with Gasteiger partial charge in [0.1, 0.15) is 18.3 Å². The number of nitrogens with zero attached hydrogens (tertiary/aromatic N) is 2. The zero-order valence-corrected chi connectivity index (χ0v) is 23.9. The summed E-state index contributed by atoms with van der Waals surface area (Å²) in [6, 6.07) is 21.4. The summed E-state index contributed by atoms with van der Waals surface area (Å²) >= 11 is 0. The number of carbonyl (C=O) groups is 2. The molecule has 0 heterocycles. The molecule has 1 N–H and O–H groups in total. The Bertz CT molecular complexity index is 1360. The highest BCUT2D eigenvalue weighted by atomic mass is 32.2. The number of hydrogen-bond acceptors (Lipinski definition) is 5. The molecule has 39 heavy (non-hydrogen) atoms. The third-order valence-corrected chi connectivity index (χ3v) is 8.38. The molecule has 0 fully saturated rings. The average molecular weight is 552 g/mol. The van der Waals surface area contributed by atoms with E-state index in [9.17, 15) is 18.0 Å². The molecule has 2 amide bonds. The summed E-state index contributed by atoms with van der Waals surface area (Å²) in [7, 11) is -2.65. The van der Waals surface area contributed by atoms with E-state index in [0.29, 0.717) is 5.75 Å². The molecule has 3 rings (SSSR count). The number of sulfonamides is 1. The molecule has 0 spiro atoms. The third-order valence-electron chi connectivity index (χ3n) is 6.59. The average Bonchev–Trinajstić information content (AvgIpc) is 2.94. The Labute approximate surface area is 231 Å². The van der Waals surface area contributed by atoms with Crippen LogP contribution in [0.5, 0.6) is 5.75 Å². The monoisotopic (exact) mass is 551 g/mol. The molecular formula is C30H37N3O5S. The molecular weight excluding hydrogens is 514 g/mol. The molecule has 208 valence electrons. The topological polar surface area (TPSA) is 96.0 Å². The molecule has 0 radical (unpaired) electrons. The first-order valence-corrected chi connectivity index (χ1v) is 14.4. The highest BCUT2D eigenvalue weighted by molar-refractivity contribution is 7.92. The molecule has 2 unspecified atom stereocenters. The quantitative estimate of drug-likeness (QED) is 0.357. The van der Waals surface area contributed by atoms with Crippen molar-refractivity contribution in [1.29, 1.82) is 0 Å². The minimum absolute atomic E-state index is 0.0564. The number of ether oxygens (including phenoxy) is 1. The van der Waals surface area contributed by atoms with Crippen LogP contribution in [0.1, 0.15) is 38.3 Å². The van der Waals surface area contributed by atoms with Crippen LogP contribution in [0.25, 0.3) is 0 Å². The standard InChI is InChI=1S/C30H37N3O5S/c1-6-23(3)31-30(35)24(4)32(20-25-11-8-7-9-12-25)29(34)21-33(26-13-10-14-27(19-26)38-5)39(36,37)28-17-15-22(2)16-18-28/h7-19,23-24H,6,20-21H2,1-5H3,(H,31,35). The normalized spacial score (nSPS) is 12.7. The molecule has 2 atom stereocenters. The predicted octanol–water partition coefficient (Wildman–Crippen LogP) is 4.53. The van der Waals surface area contributed by atoms with Crippen LogP contribution >= 0.6 is 0 Å². The molecule has 0 aliphatic rings. The summed E-state index contributed by atoms with van der Waals surface area (Å²) in [6.45, 7) is 7.02. The van der Waals surface area contributed by atoms with Crippen molar-refractivity contribution in [3.8, 4) is 5.75 Å². The van der Waals surface area contributed by atoms with Gasteiger partial charge < -0.3 is 15.0 Å². The highest BCUT2D eigenvalue weighted by Gasteiger charge is 2.33. The maximum absolute atomic E-state index is 13.9. The molecule has 0 saturated carbocycles. The third kappa shape index (κ3) is 7.60. The van der Waals surface area contributed by atoms with Gasteiger partial charge in [0.2, 0.25) is 11.8 Å². The van der Waals surface area contributed by atoms with Crippen LogP contribution in [0.3, 0.4) is 0 Å². The molecule has 9 heteroatoms. The van der Waals surface area contributed by atoms with Crippen LogP contribution in [-0.2, 0) is 26.2 Å². The lowest BCUT2D eigenvalue weighted by molar-refractivity contribution is -0.139. The SMILES string of the molecule is CCC(C)NC(=O)C(C)N(Cc1ccccc1)C(=O)CN(c1cccc(OC)c1)S(=O)(=O)c1ccc(C)cc1. The van der Waals surface area contributed by atoms with E-state index in [2.05, 4.69) is 5.32 Å². The van der Waals surface area contributed by atoms with E-state index in [1.807, 2.05) is 51.1 Å². The number of amides is 2. The lowest BCUT2D eigenvalue weighted by Gasteiger charge is -2.32. The number of benzene rings is 3. The van der Waals surface area contributed by atoms with Gasteiger partial charge in [0.05, 0.1) is 17.7 Å². The number of anilines is 1. The van der Waals surface area contributed by atoms with E-state index in [1.165, 1.54) is 24.1 Å². The predicted molar refractivity (Wildman–Crippen MR) is 153 cm³/mol. The Hall–Kier alpha value is -3.85. The molecule has 0 bridgehead atoms. The van der Waals surface area contributed by atoms with Crippen LogP contribution in [0, 0.1) is 6.92 Å². The lowest BCUT2D eigenvalue weighted by atomic mass is 10.1. The van der Waals surface area contributed by atoms with Crippen molar-refractivity contribution in [3.05, 3.63) is 90.0 Å². The molecule has 3 aromatic rings. The first-order chi connectivity index (χ1) is 18.6. The maximum Gasteiger partial charge on any atom is 0.264 e. The van der Waals surface area contributed by atoms with Gasteiger partial charge in [0.15, 0.2) is 0 Å². The van der Waals surface area contributed by atoms with Gasteiger partial charge in [-0.1, -0.05) is 61.0 Å². The first kappa shape index (κ1) is 29.7. The summed E-state index contributed by atoms with van der Waals surface area (Å²) in [5.41, 5.74) is 2.01. The molecule has 0 aliphatic carbocycles. The lowest BCUT2D eigenvalue weighted by Crippen LogP contribution is -2.52. The Morgan fingerprint density at radius 1 is 0.949 bits per heavy atom. The Morgan fingerprint density at radius 2 is 1.62 bits per heavy atom. The fourth-order valence-corrected chi connectivity index (χ4v) is 5.37. The van der Waals surface area contributed by atoms with E-state index in [0.717, 1.165) is 21.9 Å². The Morgan fingerprint density at radius 3 is 2.23 bits per heavy atom. The van der Waals surface area contributed by atoms with Gasteiger partial charge in [-0.15, -0.1) is 0 Å². The van der Waals surface area contributed by atoms with Crippen molar-refractivity contribution in [2.45, 2.75) is 57.6 Å². The maximum atomic E-state index is 13.9. The van der Waals surface area contributed by atoms with Gasteiger partial charge in [-0.2, -0.15) is 0 Å². The van der Waals surface area contributed by atoms with Gasteiger partial charge in [0, 0.05) is 18.7 Å². The smallest absolute Gasteiger partial charge is 0.264 e. The van der Waals surface area contributed by atoms with Crippen molar-refractivity contribution >= 4 is 27.5 Å². The molecule has 8 nitrogen and oxygen atoms in total. The summed E-state index contributed by atoms with van der Waals surface area (Å²) in [5, 5.41) is 2.93. The van der Waals surface area contributed by atoms with Crippen molar-refractivity contribution in [1.82, 2.24) is 10.2 Å². The molecule has 0 aromatic heterocycles. The summed E-state index contributed by atoms with van der Waals surface area (Å²) in [6.07, 6.45) is 0.740. The Kier molecular flexibility index (Phi) is 10.1. The van der Waals surface area contributed by atoms with Crippen molar-refractivity contribution in [2.75, 3.05) is 18.0 Å². The molecule has 3 aromatic carbocycles. The van der Waals surface area contributed by atoms with Gasteiger partial charge in [0.25, 0.3) is 10.0 Å². The van der Waals surface area contributed by atoms with Gasteiger partial charge in [-0.05, 0) is 57.0 Å².